The van der Waals surface area contributed by atoms with Crippen molar-refractivity contribution in [1.29, 1.82) is 0 Å². The zero-order chi connectivity index (χ0) is 13.6. The van der Waals surface area contributed by atoms with Gasteiger partial charge in [-0.2, -0.15) is 9.61 Å². The van der Waals surface area contributed by atoms with Gasteiger partial charge in [-0.1, -0.05) is 25.2 Å². The first-order valence-electron chi connectivity index (χ1n) is 5.87. The molecule has 0 aliphatic heterocycles. The van der Waals surface area contributed by atoms with Crippen LogP contribution in [-0.2, 0) is 0 Å². The van der Waals surface area contributed by atoms with Gasteiger partial charge in [-0.05, 0) is 18.2 Å². The molecule has 0 radical (unpaired) electrons. The van der Waals surface area contributed by atoms with Crippen LogP contribution in [0.1, 0.15) is 25.6 Å². The summed E-state index contributed by atoms with van der Waals surface area (Å²) >= 11 is 1.43. The van der Waals surface area contributed by atoms with Crippen molar-refractivity contribution in [3.63, 3.8) is 0 Å². The van der Waals surface area contributed by atoms with E-state index in [2.05, 4.69) is 15.3 Å². The molecule has 0 aliphatic carbocycles. The molecule has 0 spiro atoms. The highest BCUT2D eigenvalue weighted by Gasteiger charge is 2.15. The molecule has 2 heterocycles. The van der Waals surface area contributed by atoms with Gasteiger partial charge in [0.2, 0.25) is 4.96 Å². The second-order valence-electron chi connectivity index (χ2n) is 4.59. The van der Waals surface area contributed by atoms with Gasteiger partial charge >= 0.3 is 0 Å². The number of phenolic OH excluding ortho intramolecular Hbond substituents is 1. The third-order valence-electron chi connectivity index (χ3n) is 2.81. The molecule has 3 N–H and O–H groups in total. The number of nitrogens with two attached hydrogens (primary N) is 1. The summed E-state index contributed by atoms with van der Waals surface area (Å²) in [6.45, 7) is 4.09. The average molecular weight is 275 g/mol. The molecule has 0 unspecified atom stereocenters. The molecule has 0 aliphatic rings. The summed E-state index contributed by atoms with van der Waals surface area (Å²) in [6.07, 6.45) is 0. The molecule has 1 aromatic carbocycles. The van der Waals surface area contributed by atoms with Crippen LogP contribution in [0, 0.1) is 0 Å². The fraction of sp³-hybridized carbons (Fsp3) is 0.250. The van der Waals surface area contributed by atoms with Gasteiger partial charge in [-0.25, -0.2) is 0 Å². The lowest BCUT2D eigenvalue weighted by molar-refractivity contribution is 0.478. The predicted octanol–water partition coefficient (Wildman–Crippen LogP) is 2.26. The minimum absolute atomic E-state index is 0.0625. The summed E-state index contributed by atoms with van der Waals surface area (Å²) in [5.41, 5.74) is 6.76. The molecule has 0 fully saturated rings. The van der Waals surface area contributed by atoms with Gasteiger partial charge in [0.1, 0.15) is 10.8 Å². The van der Waals surface area contributed by atoms with E-state index in [-0.39, 0.29) is 11.7 Å². The number of nitrogen functional groups attached to an aromatic ring is 1. The smallest absolute Gasteiger partial charge is 0.234 e. The van der Waals surface area contributed by atoms with Crippen molar-refractivity contribution in [3.8, 4) is 16.3 Å². The standard InChI is InChI=1S/C12H13N5OS/c1-6(2)10-14-15-12-17(10)16-11(19-12)7-3-4-8(13)9(18)5-7/h3-6,18H,13H2,1-2H3. The third kappa shape index (κ3) is 1.91. The summed E-state index contributed by atoms with van der Waals surface area (Å²) in [4.78, 5) is 0.745. The van der Waals surface area contributed by atoms with Gasteiger partial charge < -0.3 is 10.8 Å². The van der Waals surface area contributed by atoms with Crippen LogP contribution in [0.2, 0.25) is 0 Å². The fourth-order valence-electron chi connectivity index (χ4n) is 1.79. The van der Waals surface area contributed by atoms with E-state index in [1.165, 1.54) is 11.3 Å². The van der Waals surface area contributed by atoms with Crippen molar-refractivity contribution in [2.75, 3.05) is 5.73 Å². The number of rotatable bonds is 2. The zero-order valence-corrected chi connectivity index (χ0v) is 11.3. The summed E-state index contributed by atoms with van der Waals surface area (Å²) in [5.74, 6) is 1.15. The van der Waals surface area contributed by atoms with Crippen LogP contribution < -0.4 is 5.73 Å². The minimum atomic E-state index is 0.0625. The number of hydrogen-bond donors (Lipinski definition) is 2. The quantitative estimate of drug-likeness (QED) is 0.553. The van der Waals surface area contributed by atoms with Crippen molar-refractivity contribution in [2.24, 2.45) is 0 Å². The van der Waals surface area contributed by atoms with E-state index in [4.69, 9.17) is 5.73 Å². The Morgan fingerprint density at radius 2 is 2.11 bits per heavy atom. The van der Waals surface area contributed by atoms with E-state index < -0.39 is 0 Å². The number of benzene rings is 1. The van der Waals surface area contributed by atoms with Gasteiger partial charge in [-0.15, -0.1) is 10.2 Å². The molecule has 3 rings (SSSR count). The van der Waals surface area contributed by atoms with Crippen LogP contribution in [0.15, 0.2) is 18.2 Å². The Hall–Kier alpha value is -2.15. The zero-order valence-electron chi connectivity index (χ0n) is 10.5. The second kappa shape index (κ2) is 4.20. The average Bonchev–Trinajstić information content (AvgIpc) is 2.91. The van der Waals surface area contributed by atoms with Crippen molar-refractivity contribution in [3.05, 3.63) is 24.0 Å². The number of anilines is 1. The van der Waals surface area contributed by atoms with Crippen LogP contribution in [0.5, 0.6) is 5.75 Å². The molecule has 3 aromatic rings. The number of hydrogen-bond acceptors (Lipinski definition) is 6. The molecule has 19 heavy (non-hydrogen) atoms. The molecule has 6 nitrogen and oxygen atoms in total. The lowest BCUT2D eigenvalue weighted by atomic mass is 10.2. The summed E-state index contributed by atoms with van der Waals surface area (Å²) < 4.78 is 1.75. The van der Waals surface area contributed by atoms with Crippen molar-refractivity contribution in [2.45, 2.75) is 19.8 Å². The Morgan fingerprint density at radius 3 is 2.79 bits per heavy atom. The molecular formula is C12H13N5OS. The first-order chi connectivity index (χ1) is 9.06. The lowest BCUT2D eigenvalue weighted by Crippen LogP contribution is -1.97. The topological polar surface area (TPSA) is 89.3 Å². The molecule has 0 saturated heterocycles. The van der Waals surface area contributed by atoms with E-state index in [9.17, 15) is 5.11 Å². The largest absolute Gasteiger partial charge is 0.506 e. The van der Waals surface area contributed by atoms with Gasteiger partial charge in [0.05, 0.1) is 5.69 Å². The van der Waals surface area contributed by atoms with Crippen molar-refractivity contribution < 1.29 is 5.11 Å². The van der Waals surface area contributed by atoms with Crippen LogP contribution in [0.3, 0.4) is 0 Å². The molecular weight excluding hydrogens is 262 g/mol. The molecule has 0 saturated carbocycles. The highest BCUT2D eigenvalue weighted by Crippen LogP contribution is 2.31. The van der Waals surface area contributed by atoms with Crippen LogP contribution in [-0.4, -0.2) is 24.9 Å². The van der Waals surface area contributed by atoms with Crippen LogP contribution >= 0.6 is 11.3 Å². The summed E-state index contributed by atoms with van der Waals surface area (Å²) in [7, 11) is 0. The van der Waals surface area contributed by atoms with Crippen molar-refractivity contribution >= 4 is 22.0 Å². The van der Waals surface area contributed by atoms with Crippen LogP contribution in [0.4, 0.5) is 5.69 Å². The monoisotopic (exact) mass is 275 g/mol. The molecule has 0 bridgehead atoms. The van der Waals surface area contributed by atoms with Gasteiger partial charge in [0, 0.05) is 11.5 Å². The second-order valence-corrected chi connectivity index (χ2v) is 5.54. The van der Waals surface area contributed by atoms with Crippen LogP contribution in [0.25, 0.3) is 15.5 Å². The minimum Gasteiger partial charge on any atom is -0.506 e. The first-order valence-corrected chi connectivity index (χ1v) is 6.69. The Bertz CT molecular complexity index is 746. The summed E-state index contributed by atoms with van der Waals surface area (Å²) in [6, 6.07) is 5.10. The van der Waals surface area contributed by atoms with E-state index in [0.717, 1.165) is 21.4 Å². The normalized spacial score (nSPS) is 11.5. The van der Waals surface area contributed by atoms with E-state index in [1.54, 1.807) is 16.6 Å². The molecule has 7 heteroatoms. The number of fused-ring (bicyclic) bond motifs is 1. The maximum absolute atomic E-state index is 9.65. The SMILES string of the molecule is CC(C)c1nnc2sc(-c3ccc(N)c(O)c3)nn12. The third-order valence-corrected chi connectivity index (χ3v) is 3.76. The summed E-state index contributed by atoms with van der Waals surface area (Å²) in [5, 5.41) is 23.1. The fourth-order valence-corrected chi connectivity index (χ4v) is 2.63. The van der Waals surface area contributed by atoms with E-state index in [1.807, 2.05) is 19.9 Å². The maximum Gasteiger partial charge on any atom is 0.234 e. The highest BCUT2D eigenvalue weighted by atomic mass is 32.1. The van der Waals surface area contributed by atoms with Gasteiger partial charge in [0.15, 0.2) is 5.82 Å². The van der Waals surface area contributed by atoms with Crippen molar-refractivity contribution in [1.82, 2.24) is 19.8 Å². The van der Waals surface area contributed by atoms with E-state index in [0.29, 0.717) is 5.69 Å². The highest BCUT2D eigenvalue weighted by molar-refractivity contribution is 7.19. The Kier molecular flexibility index (Phi) is 2.63. The molecule has 0 amide bonds. The Labute approximate surface area is 113 Å². The lowest BCUT2D eigenvalue weighted by Gasteiger charge is -2.01. The van der Waals surface area contributed by atoms with Gasteiger partial charge in [0.25, 0.3) is 0 Å². The maximum atomic E-state index is 9.65. The number of phenols is 1. The Balaban J connectivity index is 2.12. The van der Waals surface area contributed by atoms with Gasteiger partial charge in [-0.3, -0.25) is 0 Å². The molecule has 2 aromatic heterocycles. The number of nitrogens with zero attached hydrogens (tertiary/aromatic N) is 4. The first kappa shape index (κ1) is 11.9. The predicted molar refractivity (Wildman–Crippen MR) is 74.3 cm³/mol. The molecule has 0 atom stereocenters. The number of aromatic hydroxyl groups is 1. The number of aromatic nitrogens is 4. The van der Waals surface area contributed by atoms with E-state index >= 15 is 0 Å². The molecule has 98 valence electrons. The Morgan fingerprint density at radius 1 is 1.32 bits per heavy atom.